The third kappa shape index (κ3) is 4.25. The van der Waals surface area contributed by atoms with E-state index < -0.39 is 0 Å². The van der Waals surface area contributed by atoms with Crippen LogP contribution >= 0.6 is 0 Å². The van der Waals surface area contributed by atoms with E-state index >= 15 is 0 Å². The molecule has 6 nitrogen and oxygen atoms in total. The van der Waals surface area contributed by atoms with Crippen LogP contribution in [0.4, 0.5) is 0 Å². The van der Waals surface area contributed by atoms with Crippen LogP contribution < -0.4 is 5.32 Å². The van der Waals surface area contributed by atoms with Crippen LogP contribution in [-0.2, 0) is 4.74 Å². The number of H-pyrrole nitrogens is 1. The van der Waals surface area contributed by atoms with Gasteiger partial charge in [-0.15, -0.1) is 0 Å². The van der Waals surface area contributed by atoms with Crippen molar-refractivity contribution in [3.05, 3.63) is 11.6 Å². The molecule has 2 heterocycles. The molecule has 1 saturated carbocycles. The van der Waals surface area contributed by atoms with Crippen molar-refractivity contribution in [1.82, 2.24) is 25.4 Å². The minimum absolute atomic E-state index is 0.0124. The molecule has 2 fully saturated rings. The van der Waals surface area contributed by atoms with E-state index in [4.69, 9.17) is 4.74 Å². The Bertz CT molecular complexity index is 429. The zero-order valence-electron chi connectivity index (χ0n) is 13.0. The van der Waals surface area contributed by atoms with Gasteiger partial charge in [-0.05, 0) is 19.8 Å². The van der Waals surface area contributed by atoms with Crippen LogP contribution in [0.3, 0.4) is 0 Å². The van der Waals surface area contributed by atoms with Crippen LogP contribution in [0.25, 0.3) is 0 Å². The van der Waals surface area contributed by atoms with Crippen molar-refractivity contribution < 1.29 is 4.74 Å². The van der Waals surface area contributed by atoms with Gasteiger partial charge in [0, 0.05) is 32.2 Å². The second-order valence-corrected chi connectivity index (χ2v) is 6.23. The van der Waals surface area contributed by atoms with Gasteiger partial charge in [0.1, 0.15) is 11.9 Å². The van der Waals surface area contributed by atoms with Crippen LogP contribution in [0.5, 0.6) is 0 Å². The Kier molecular flexibility index (Phi) is 5.22. The Balaban J connectivity index is 1.41. The molecule has 2 aliphatic rings. The molecule has 0 bridgehead atoms. The first-order valence-corrected chi connectivity index (χ1v) is 8.27. The number of aromatic amines is 1. The third-order valence-corrected chi connectivity index (χ3v) is 4.52. The lowest BCUT2D eigenvalue weighted by molar-refractivity contribution is -0.0338. The number of aryl methyl sites for hydroxylation is 1. The molecule has 1 aromatic rings. The summed E-state index contributed by atoms with van der Waals surface area (Å²) in [6.45, 7) is 6.74. The Morgan fingerprint density at radius 1 is 1.33 bits per heavy atom. The summed E-state index contributed by atoms with van der Waals surface area (Å²) < 4.78 is 5.80. The van der Waals surface area contributed by atoms with Gasteiger partial charge in [0.25, 0.3) is 0 Å². The fourth-order valence-electron chi connectivity index (χ4n) is 3.30. The lowest BCUT2D eigenvalue weighted by Crippen LogP contribution is -2.43. The van der Waals surface area contributed by atoms with Crippen molar-refractivity contribution in [3.8, 4) is 0 Å². The molecule has 1 atom stereocenters. The average Bonchev–Trinajstić information content (AvgIpc) is 2.95. The second-order valence-electron chi connectivity index (χ2n) is 6.23. The number of rotatable bonds is 5. The molecule has 6 heteroatoms. The van der Waals surface area contributed by atoms with Crippen molar-refractivity contribution >= 4 is 0 Å². The molecule has 1 aromatic heterocycles. The van der Waals surface area contributed by atoms with E-state index in [1.165, 1.54) is 32.1 Å². The number of ether oxygens (including phenoxy) is 1. The maximum Gasteiger partial charge on any atom is 0.180 e. The normalized spacial score (nSPS) is 25.3. The maximum absolute atomic E-state index is 5.80. The summed E-state index contributed by atoms with van der Waals surface area (Å²) in [6, 6.07) is 0.742. The molecule has 1 aliphatic heterocycles. The first-order valence-electron chi connectivity index (χ1n) is 8.27. The van der Waals surface area contributed by atoms with Crippen molar-refractivity contribution in [2.24, 2.45) is 0 Å². The van der Waals surface area contributed by atoms with Crippen LogP contribution in [-0.4, -0.2) is 58.9 Å². The highest BCUT2D eigenvalue weighted by atomic mass is 16.5. The Morgan fingerprint density at radius 2 is 2.19 bits per heavy atom. The molecule has 0 amide bonds. The van der Waals surface area contributed by atoms with Gasteiger partial charge in [-0.3, -0.25) is 10.00 Å². The molecule has 3 rings (SSSR count). The van der Waals surface area contributed by atoms with E-state index in [0.717, 1.165) is 50.5 Å². The van der Waals surface area contributed by atoms with Gasteiger partial charge in [-0.25, -0.2) is 4.98 Å². The zero-order valence-corrected chi connectivity index (χ0v) is 13.0. The molecular formula is C15H27N5O. The van der Waals surface area contributed by atoms with Crippen LogP contribution in [0.1, 0.15) is 49.9 Å². The Hall–Kier alpha value is -0.980. The Morgan fingerprint density at radius 3 is 2.95 bits per heavy atom. The van der Waals surface area contributed by atoms with Gasteiger partial charge in [0.2, 0.25) is 0 Å². The zero-order chi connectivity index (χ0) is 14.5. The topological polar surface area (TPSA) is 66.1 Å². The number of hydrogen-bond acceptors (Lipinski definition) is 5. The smallest absolute Gasteiger partial charge is 0.180 e. The van der Waals surface area contributed by atoms with Crippen molar-refractivity contribution in [2.75, 3.05) is 32.8 Å². The van der Waals surface area contributed by atoms with Crippen molar-refractivity contribution in [2.45, 2.75) is 51.2 Å². The van der Waals surface area contributed by atoms with Gasteiger partial charge < -0.3 is 10.1 Å². The first kappa shape index (κ1) is 14.9. The van der Waals surface area contributed by atoms with E-state index in [-0.39, 0.29) is 6.10 Å². The summed E-state index contributed by atoms with van der Waals surface area (Å²) in [6.07, 6.45) is 6.91. The summed E-state index contributed by atoms with van der Waals surface area (Å²) in [5.74, 6) is 1.64. The summed E-state index contributed by atoms with van der Waals surface area (Å²) >= 11 is 0. The number of aromatic nitrogens is 3. The summed E-state index contributed by atoms with van der Waals surface area (Å²) in [7, 11) is 0. The van der Waals surface area contributed by atoms with E-state index in [9.17, 15) is 0 Å². The molecule has 0 spiro atoms. The first-order chi connectivity index (χ1) is 10.3. The Labute approximate surface area is 126 Å². The molecule has 0 unspecified atom stereocenters. The molecule has 1 aliphatic carbocycles. The molecule has 21 heavy (non-hydrogen) atoms. The molecule has 118 valence electrons. The standard InChI is InChI=1S/C15H27N5O/c1-12-17-15(19-18-12)14-11-20(9-10-21-14)8-7-16-13-5-3-2-4-6-13/h13-14,16H,2-11H2,1H3,(H,17,18,19)/t14-/m0/s1. The monoisotopic (exact) mass is 293 g/mol. The predicted octanol–water partition coefficient (Wildman–Crippen LogP) is 1.41. The lowest BCUT2D eigenvalue weighted by Gasteiger charge is -2.32. The van der Waals surface area contributed by atoms with Gasteiger partial charge in [-0.1, -0.05) is 19.3 Å². The minimum atomic E-state index is 0.0124. The fourth-order valence-corrected chi connectivity index (χ4v) is 3.30. The minimum Gasteiger partial charge on any atom is -0.367 e. The van der Waals surface area contributed by atoms with Crippen LogP contribution in [0.2, 0.25) is 0 Å². The summed E-state index contributed by atoms with van der Waals surface area (Å²) in [5, 5.41) is 10.8. The van der Waals surface area contributed by atoms with E-state index in [1.54, 1.807) is 0 Å². The van der Waals surface area contributed by atoms with E-state index in [2.05, 4.69) is 25.4 Å². The van der Waals surface area contributed by atoms with Crippen molar-refractivity contribution in [1.29, 1.82) is 0 Å². The number of morpholine rings is 1. The lowest BCUT2D eigenvalue weighted by atomic mass is 9.95. The van der Waals surface area contributed by atoms with Gasteiger partial charge in [0.05, 0.1) is 6.61 Å². The van der Waals surface area contributed by atoms with Crippen LogP contribution in [0, 0.1) is 6.92 Å². The van der Waals surface area contributed by atoms with E-state index in [1.807, 2.05) is 6.92 Å². The number of hydrogen-bond donors (Lipinski definition) is 2. The SMILES string of the molecule is Cc1nc([C@@H]2CN(CCNC3CCCCC3)CCO2)n[nH]1. The van der Waals surface area contributed by atoms with E-state index in [0.29, 0.717) is 0 Å². The predicted molar refractivity (Wildman–Crippen MR) is 81.1 cm³/mol. The highest BCUT2D eigenvalue weighted by molar-refractivity contribution is 4.95. The average molecular weight is 293 g/mol. The summed E-state index contributed by atoms with van der Waals surface area (Å²) in [5.41, 5.74) is 0. The largest absolute Gasteiger partial charge is 0.367 e. The fraction of sp³-hybridized carbons (Fsp3) is 0.867. The van der Waals surface area contributed by atoms with Crippen molar-refractivity contribution in [3.63, 3.8) is 0 Å². The molecule has 0 aromatic carbocycles. The molecule has 2 N–H and O–H groups in total. The van der Waals surface area contributed by atoms with Gasteiger partial charge in [0.15, 0.2) is 5.82 Å². The summed E-state index contributed by atoms with van der Waals surface area (Å²) in [4.78, 5) is 6.84. The van der Waals surface area contributed by atoms with Gasteiger partial charge >= 0.3 is 0 Å². The third-order valence-electron chi connectivity index (χ3n) is 4.52. The number of nitrogens with zero attached hydrogens (tertiary/aromatic N) is 3. The quantitative estimate of drug-likeness (QED) is 0.859. The molecular weight excluding hydrogens is 266 g/mol. The van der Waals surface area contributed by atoms with Gasteiger partial charge in [-0.2, -0.15) is 5.10 Å². The number of nitrogens with one attached hydrogen (secondary N) is 2. The van der Waals surface area contributed by atoms with Crippen LogP contribution in [0.15, 0.2) is 0 Å². The second kappa shape index (κ2) is 7.33. The highest BCUT2D eigenvalue weighted by Crippen LogP contribution is 2.19. The maximum atomic E-state index is 5.80. The highest BCUT2D eigenvalue weighted by Gasteiger charge is 2.25. The molecule has 1 saturated heterocycles. The molecule has 0 radical (unpaired) electrons.